The number of nitrogens with zero attached hydrogens (tertiary/aromatic N) is 1. The van der Waals surface area contributed by atoms with Crippen LogP contribution in [0.1, 0.15) is 42.3 Å². The average Bonchev–Trinajstić information content (AvgIpc) is 2.95. The Morgan fingerprint density at radius 1 is 0.800 bits per heavy atom. The average molecular weight is 557 g/mol. The van der Waals surface area contributed by atoms with Gasteiger partial charge in [0, 0.05) is 16.8 Å². The summed E-state index contributed by atoms with van der Waals surface area (Å²) in [4.78, 5) is 26.4. The first-order valence-electron chi connectivity index (χ1n) is 12.8. The van der Waals surface area contributed by atoms with Crippen molar-refractivity contribution in [3.63, 3.8) is 0 Å². The van der Waals surface area contributed by atoms with Gasteiger partial charge in [0.2, 0.25) is 5.91 Å². The zero-order valence-electron chi connectivity index (χ0n) is 22.9. The topological polar surface area (TPSA) is 92.8 Å². The van der Waals surface area contributed by atoms with E-state index in [4.69, 9.17) is 4.74 Å². The maximum Gasteiger partial charge on any atom is 0.264 e. The smallest absolute Gasteiger partial charge is 0.264 e. The predicted octanol–water partition coefficient (Wildman–Crippen LogP) is 6.06. The van der Waals surface area contributed by atoms with Gasteiger partial charge in [0.05, 0.1) is 17.7 Å². The van der Waals surface area contributed by atoms with Crippen LogP contribution in [0.4, 0.5) is 11.4 Å². The maximum absolute atomic E-state index is 13.6. The number of ether oxygens (including phenoxy) is 1. The van der Waals surface area contributed by atoms with E-state index in [1.54, 1.807) is 78.9 Å². The molecule has 206 valence electrons. The van der Waals surface area contributed by atoms with Crippen LogP contribution in [0.3, 0.4) is 0 Å². The fourth-order valence-corrected chi connectivity index (χ4v) is 5.67. The van der Waals surface area contributed by atoms with E-state index in [9.17, 15) is 18.0 Å². The van der Waals surface area contributed by atoms with Crippen molar-refractivity contribution in [1.82, 2.24) is 0 Å². The number of para-hydroxylation sites is 2. The summed E-state index contributed by atoms with van der Waals surface area (Å²) in [6.07, 6.45) is 0. The lowest BCUT2D eigenvalue weighted by atomic mass is 9.86. The minimum Gasteiger partial charge on any atom is -0.495 e. The third-order valence-electron chi connectivity index (χ3n) is 6.39. The van der Waals surface area contributed by atoms with Crippen LogP contribution in [-0.4, -0.2) is 33.8 Å². The Bertz CT molecular complexity index is 1610. The van der Waals surface area contributed by atoms with Crippen LogP contribution in [0, 0.1) is 0 Å². The van der Waals surface area contributed by atoms with Gasteiger partial charge in [-0.1, -0.05) is 87.5 Å². The van der Waals surface area contributed by atoms with E-state index in [-0.39, 0.29) is 21.8 Å². The van der Waals surface area contributed by atoms with Crippen molar-refractivity contribution < 1.29 is 22.7 Å². The zero-order valence-corrected chi connectivity index (χ0v) is 23.7. The summed E-state index contributed by atoms with van der Waals surface area (Å²) in [5.41, 5.74) is 2.63. The fraction of sp³-hybridized carbons (Fsp3) is 0.188. The van der Waals surface area contributed by atoms with Crippen LogP contribution in [0.15, 0.2) is 108 Å². The molecule has 8 heteroatoms. The summed E-state index contributed by atoms with van der Waals surface area (Å²) in [6, 6.07) is 28.6. The fourth-order valence-electron chi connectivity index (χ4n) is 4.21. The molecule has 0 heterocycles. The Morgan fingerprint density at radius 2 is 1.45 bits per heavy atom. The molecule has 1 amide bonds. The first-order valence-corrected chi connectivity index (χ1v) is 14.2. The second-order valence-corrected chi connectivity index (χ2v) is 12.1. The van der Waals surface area contributed by atoms with Crippen LogP contribution in [0.2, 0.25) is 0 Å². The summed E-state index contributed by atoms with van der Waals surface area (Å²) in [6.45, 7) is 5.81. The number of anilines is 2. The molecule has 0 atom stereocenters. The maximum atomic E-state index is 13.6. The quantitative estimate of drug-likeness (QED) is 0.253. The van der Waals surface area contributed by atoms with Gasteiger partial charge in [-0.2, -0.15) is 0 Å². The first kappa shape index (κ1) is 28.6. The molecule has 4 rings (SSSR count). The summed E-state index contributed by atoms with van der Waals surface area (Å²) < 4.78 is 33.6. The van der Waals surface area contributed by atoms with E-state index in [2.05, 4.69) is 26.1 Å². The van der Waals surface area contributed by atoms with Crippen LogP contribution in [-0.2, 0) is 20.2 Å². The van der Waals surface area contributed by atoms with Gasteiger partial charge in [0.25, 0.3) is 10.0 Å². The zero-order chi connectivity index (χ0) is 28.9. The molecule has 1 N–H and O–H groups in total. The summed E-state index contributed by atoms with van der Waals surface area (Å²) >= 11 is 0. The van der Waals surface area contributed by atoms with Gasteiger partial charge in [-0.15, -0.1) is 0 Å². The van der Waals surface area contributed by atoms with E-state index < -0.39 is 22.5 Å². The molecule has 4 aromatic carbocycles. The Balaban J connectivity index is 1.58. The van der Waals surface area contributed by atoms with Crippen LogP contribution in [0.5, 0.6) is 5.75 Å². The Labute approximate surface area is 235 Å². The molecular formula is C32H32N2O5S. The van der Waals surface area contributed by atoms with Crippen LogP contribution >= 0.6 is 0 Å². The van der Waals surface area contributed by atoms with Crippen molar-refractivity contribution in [2.75, 3.05) is 23.3 Å². The molecule has 0 saturated heterocycles. The number of benzene rings is 4. The Hall–Kier alpha value is -4.43. The van der Waals surface area contributed by atoms with E-state index in [1.807, 2.05) is 12.1 Å². The van der Waals surface area contributed by atoms with Crippen molar-refractivity contribution in [3.05, 3.63) is 120 Å². The highest BCUT2D eigenvalue weighted by molar-refractivity contribution is 7.92. The lowest BCUT2D eigenvalue weighted by Crippen LogP contribution is -2.38. The molecule has 40 heavy (non-hydrogen) atoms. The molecule has 0 saturated carbocycles. The number of carbonyl (C=O) groups excluding carboxylic acids is 2. The van der Waals surface area contributed by atoms with E-state index in [0.717, 1.165) is 9.87 Å². The lowest BCUT2D eigenvalue weighted by Gasteiger charge is -2.25. The summed E-state index contributed by atoms with van der Waals surface area (Å²) in [7, 11) is -2.67. The van der Waals surface area contributed by atoms with Gasteiger partial charge >= 0.3 is 0 Å². The van der Waals surface area contributed by atoms with Gasteiger partial charge in [-0.05, 0) is 47.4 Å². The number of sulfonamides is 1. The molecule has 0 fully saturated rings. The molecule has 0 aromatic heterocycles. The first-order chi connectivity index (χ1) is 19.0. The standard InChI is InChI=1S/C32H32N2O5S/c1-32(2,3)25-19-17-23(18-20-25)31(36)24-11-10-12-26(21-24)33-30(35)22-34(28-15-8-9-16-29(28)39-4)40(37,38)27-13-6-5-7-14-27/h5-21H,22H2,1-4H3,(H,33,35). The van der Waals surface area contributed by atoms with E-state index in [0.29, 0.717) is 22.6 Å². The van der Waals surface area contributed by atoms with Crippen molar-refractivity contribution in [3.8, 4) is 5.75 Å². The molecule has 0 spiro atoms. The van der Waals surface area contributed by atoms with Gasteiger partial charge in [-0.3, -0.25) is 13.9 Å². The number of hydrogen-bond donors (Lipinski definition) is 1. The number of hydrogen-bond acceptors (Lipinski definition) is 5. The second-order valence-electron chi connectivity index (χ2n) is 10.3. The van der Waals surface area contributed by atoms with E-state index in [1.165, 1.54) is 19.2 Å². The second kappa shape index (κ2) is 11.8. The predicted molar refractivity (Wildman–Crippen MR) is 158 cm³/mol. The van der Waals surface area contributed by atoms with Crippen molar-refractivity contribution in [1.29, 1.82) is 0 Å². The van der Waals surface area contributed by atoms with Gasteiger partial charge in [0.1, 0.15) is 12.3 Å². The monoisotopic (exact) mass is 556 g/mol. The Morgan fingerprint density at radius 3 is 2.10 bits per heavy atom. The number of rotatable bonds is 9. The molecule has 0 radical (unpaired) electrons. The highest BCUT2D eigenvalue weighted by atomic mass is 32.2. The number of methoxy groups -OCH3 is 1. The molecule has 0 bridgehead atoms. The molecular weight excluding hydrogens is 524 g/mol. The summed E-state index contributed by atoms with van der Waals surface area (Å²) in [5.74, 6) is -0.455. The molecule has 0 aliphatic carbocycles. The lowest BCUT2D eigenvalue weighted by molar-refractivity contribution is -0.114. The number of ketones is 1. The largest absolute Gasteiger partial charge is 0.495 e. The minimum absolute atomic E-state index is 0.0303. The SMILES string of the molecule is COc1ccccc1N(CC(=O)Nc1cccc(C(=O)c2ccc(C(C)(C)C)cc2)c1)S(=O)(=O)c1ccccc1. The number of nitrogens with one attached hydrogen (secondary N) is 1. The highest BCUT2D eigenvalue weighted by Crippen LogP contribution is 2.32. The van der Waals surface area contributed by atoms with Crippen molar-refractivity contribution in [2.45, 2.75) is 31.1 Å². The molecule has 4 aromatic rings. The van der Waals surface area contributed by atoms with E-state index >= 15 is 0 Å². The van der Waals surface area contributed by atoms with Crippen molar-refractivity contribution in [2.24, 2.45) is 0 Å². The number of amides is 1. The van der Waals surface area contributed by atoms with Crippen molar-refractivity contribution >= 4 is 33.1 Å². The molecule has 0 aliphatic rings. The normalized spacial score (nSPS) is 11.5. The molecule has 7 nitrogen and oxygen atoms in total. The van der Waals surface area contributed by atoms with Crippen LogP contribution in [0.25, 0.3) is 0 Å². The van der Waals surface area contributed by atoms with Crippen LogP contribution < -0.4 is 14.4 Å². The summed E-state index contributed by atoms with van der Waals surface area (Å²) in [5, 5.41) is 2.74. The Kier molecular flexibility index (Phi) is 8.40. The molecule has 0 unspecified atom stereocenters. The van der Waals surface area contributed by atoms with Gasteiger partial charge in [-0.25, -0.2) is 8.42 Å². The minimum atomic E-state index is -4.11. The number of carbonyl (C=O) groups is 2. The van der Waals surface area contributed by atoms with Gasteiger partial charge in [0.15, 0.2) is 5.78 Å². The highest BCUT2D eigenvalue weighted by Gasteiger charge is 2.29. The molecule has 0 aliphatic heterocycles. The third kappa shape index (κ3) is 6.40. The van der Waals surface area contributed by atoms with Gasteiger partial charge < -0.3 is 10.1 Å². The third-order valence-corrected chi connectivity index (χ3v) is 8.17.